The van der Waals surface area contributed by atoms with Crippen LogP contribution in [0.2, 0.25) is 0 Å². The van der Waals surface area contributed by atoms with E-state index < -0.39 is 0 Å². The average Bonchev–Trinajstić information content (AvgIpc) is 3.46. The van der Waals surface area contributed by atoms with Gasteiger partial charge in [0.1, 0.15) is 0 Å². The van der Waals surface area contributed by atoms with Crippen molar-refractivity contribution in [3.63, 3.8) is 0 Å². The molecule has 2 aromatic carbocycles. The second-order valence-corrected chi connectivity index (χ2v) is 7.54. The number of carbonyl (C=O) groups excluding carboxylic acids is 1. The SMILES string of the molecule is O=C(NNC(=S)NC1CC1)c1cc2ccc1CCc1ccc(cc1)CC2. The quantitative estimate of drug-likeness (QED) is 0.566. The summed E-state index contributed by atoms with van der Waals surface area (Å²) in [6, 6.07) is 15.6. The van der Waals surface area contributed by atoms with E-state index in [9.17, 15) is 4.79 Å². The number of carbonyl (C=O) groups is 1. The lowest BCUT2D eigenvalue weighted by Gasteiger charge is -2.15. The van der Waals surface area contributed by atoms with Gasteiger partial charge in [0.25, 0.3) is 5.91 Å². The van der Waals surface area contributed by atoms with Crippen LogP contribution >= 0.6 is 12.2 Å². The van der Waals surface area contributed by atoms with Crippen molar-refractivity contribution in [3.8, 4) is 0 Å². The third-order valence-corrected chi connectivity index (χ3v) is 5.25. The van der Waals surface area contributed by atoms with E-state index in [2.05, 4.69) is 52.6 Å². The Balaban J connectivity index is 1.50. The molecular weight excluding hydrogens is 342 g/mol. The predicted octanol–water partition coefficient (Wildman–Crippen LogP) is 2.84. The maximum Gasteiger partial charge on any atom is 0.269 e. The molecule has 0 aliphatic heterocycles. The Kier molecular flexibility index (Phi) is 4.89. The fourth-order valence-corrected chi connectivity index (χ4v) is 3.50. The first-order valence-electron chi connectivity index (χ1n) is 9.24. The molecule has 5 heteroatoms. The van der Waals surface area contributed by atoms with Crippen molar-refractivity contribution in [3.05, 3.63) is 70.3 Å². The Morgan fingerprint density at radius 2 is 1.46 bits per heavy atom. The number of hydrogen-bond acceptors (Lipinski definition) is 2. The van der Waals surface area contributed by atoms with E-state index in [1.807, 2.05) is 6.07 Å². The Bertz CT molecular complexity index is 828. The Morgan fingerprint density at radius 3 is 2.15 bits per heavy atom. The molecule has 2 aromatic rings. The zero-order valence-corrected chi connectivity index (χ0v) is 15.5. The molecule has 134 valence electrons. The van der Waals surface area contributed by atoms with Gasteiger partial charge in [0, 0.05) is 11.6 Å². The van der Waals surface area contributed by atoms with E-state index in [-0.39, 0.29) is 5.91 Å². The highest BCUT2D eigenvalue weighted by molar-refractivity contribution is 7.80. The molecule has 1 saturated carbocycles. The van der Waals surface area contributed by atoms with Gasteiger partial charge in [0.15, 0.2) is 5.11 Å². The third kappa shape index (κ3) is 4.22. The summed E-state index contributed by atoms with van der Waals surface area (Å²) in [4.78, 5) is 12.7. The molecule has 7 rings (SSSR count). The van der Waals surface area contributed by atoms with Gasteiger partial charge in [-0.1, -0.05) is 36.4 Å². The third-order valence-electron chi connectivity index (χ3n) is 5.03. The maximum atomic E-state index is 12.7. The molecule has 0 spiro atoms. The van der Waals surface area contributed by atoms with Crippen LogP contribution in [-0.2, 0) is 25.7 Å². The standard InChI is InChI=1S/C21H23N3OS/c25-20(23-24-21(26)22-18-11-12-18)19-13-16-6-5-14-1-3-15(4-2-14)7-9-17(19)10-8-16/h1-4,8,10,13,18H,5-7,9,11-12H2,(H,23,25)(H2,22,24,26). The Hall–Kier alpha value is -2.40. The molecule has 0 unspecified atom stereocenters. The smallest absolute Gasteiger partial charge is 0.269 e. The monoisotopic (exact) mass is 365 g/mol. The summed E-state index contributed by atoms with van der Waals surface area (Å²) in [5.74, 6) is -0.132. The van der Waals surface area contributed by atoms with Crippen LogP contribution < -0.4 is 16.2 Å². The molecule has 0 saturated heterocycles. The highest BCUT2D eigenvalue weighted by atomic mass is 32.1. The molecule has 1 fully saturated rings. The maximum absolute atomic E-state index is 12.7. The molecule has 0 radical (unpaired) electrons. The van der Waals surface area contributed by atoms with Crippen LogP contribution in [0.5, 0.6) is 0 Å². The normalized spacial score (nSPS) is 15.7. The first-order valence-corrected chi connectivity index (χ1v) is 9.65. The summed E-state index contributed by atoms with van der Waals surface area (Å²) >= 11 is 5.21. The van der Waals surface area contributed by atoms with Crippen molar-refractivity contribution < 1.29 is 4.79 Å². The molecule has 5 aliphatic carbocycles. The van der Waals surface area contributed by atoms with Crippen LogP contribution in [0.15, 0.2) is 42.5 Å². The first kappa shape index (κ1) is 17.0. The molecule has 0 atom stereocenters. The molecule has 0 aromatic heterocycles. The number of hydrazine groups is 1. The predicted molar refractivity (Wildman–Crippen MR) is 107 cm³/mol. The molecule has 0 heterocycles. The summed E-state index contributed by atoms with van der Waals surface area (Å²) < 4.78 is 0. The number of rotatable bonds is 2. The molecule has 3 N–H and O–H groups in total. The van der Waals surface area contributed by atoms with Gasteiger partial charge < -0.3 is 5.32 Å². The van der Waals surface area contributed by atoms with Crippen LogP contribution in [0, 0.1) is 0 Å². The molecule has 5 aliphatic rings. The van der Waals surface area contributed by atoms with Gasteiger partial charge in [-0.15, -0.1) is 0 Å². The topological polar surface area (TPSA) is 53.2 Å². The van der Waals surface area contributed by atoms with Gasteiger partial charge in [-0.25, -0.2) is 0 Å². The summed E-state index contributed by atoms with van der Waals surface area (Å²) in [6.07, 6.45) is 5.96. The first-order chi connectivity index (χ1) is 12.7. The summed E-state index contributed by atoms with van der Waals surface area (Å²) in [5.41, 5.74) is 11.2. The van der Waals surface area contributed by atoms with Crippen LogP contribution in [0.3, 0.4) is 0 Å². The Morgan fingerprint density at radius 1 is 0.846 bits per heavy atom. The number of nitrogens with one attached hydrogen (secondary N) is 3. The Labute approximate surface area is 159 Å². The fourth-order valence-electron chi connectivity index (χ4n) is 3.28. The van der Waals surface area contributed by atoms with Crippen LogP contribution in [-0.4, -0.2) is 17.1 Å². The minimum Gasteiger partial charge on any atom is -0.359 e. The van der Waals surface area contributed by atoms with Crippen LogP contribution in [0.4, 0.5) is 0 Å². The van der Waals surface area contributed by atoms with Crippen molar-refractivity contribution in [2.75, 3.05) is 0 Å². The van der Waals surface area contributed by atoms with Crippen molar-refractivity contribution in [2.45, 2.75) is 44.6 Å². The van der Waals surface area contributed by atoms with Crippen molar-refractivity contribution >= 4 is 23.2 Å². The average molecular weight is 366 g/mol. The number of aryl methyl sites for hydroxylation is 4. The second kappa shape index (κ2) is 7.46. The second-order valence-electron chi connectivity index (χ2n) is 7.13. The van der Waals surface area contributed by atoms with Gasteiger partial charge >= 0.3 is 0 Å². The van der Waals surface area contributed by atoms with E-state index in [0.29, 0.717) is 11.2 Å². The molecule has 4 nitrogen and oxygen atoms in total. The lowest BCUT2D eigenvalue weighted by molar-refractivity contribution is 0.0942. The highest BCUT2D eigenvalue weighted by Crippen LogP contribution is 2.20. The minimum atomic E-state index is -0.132. The lowest BCUT2D eigenvalue weighted by Crippen LogP contribution is -2.47. The van der Waals surface area contributed by atoms with Gasteiger partial charge in [-0.05, 0) is 79.1 Å². The number of amides is 1. The van der Waals surface area contributed by atoms with Crippen molar-refractivity contribution in [1.29, 1.82) is 0 Å². The summed E-state index contributed by atoms with van der Waals surface area (Å²) in [6.45, 7) is 0. The van der Waals surface area contributed by atoms with Crippen LogP contribution in [0.25, 0.3) is 0 Å². The van der Waals surface area contributed by atoms with E-state index >= 15 is 0 Å². The van der Waals surface area contributed by atoms with E-state index in [0.717, 1.165) is 49.7 Å². The summed E-state index contributed by atoms with van der Waals surface area (Å²) in [7, 11) is 0. The molecule has 26 heavy (non-hydrogen) atoms. The summed E-state index contributed by atoms with van der Waals surface area (Å²) in [5, 5.41) is 3.64. The largest absolute Gasteiger partial charge is 0.359 e. The van der Waals surface area contributed by atoms with Gasteiger partial charge in [0.2, 0.25) is 0 Å². The van der Waals surface area contributed by atoms with Gasteiger partial charge in [0.05, 0.1) is 0 Å². The number of benzene rings is 2. The van der Waals surface area contributed by atoms with Gasteiger partial charge in [-0.2, -0.15) is 0 Å². The zero-order valence-electron chi connectivity index (χ0n) is 14.7. The van der Waals surface area contributed by atoms with E-state index in [1.165, 1.54) is 16.7 Å². The minimum absolute atomic E-state index is 0.132. The highest BCUT2D eigenvalue weighted by Gasteiger charge is 2.22. The van der Waals surface area contributed by atoms with Crippen LogP contribution in [0.1, 0.15) is 45.5 Å². The van der Waals surface area contributed by atoms with E-state index in [1.54, 1.807) is 0 Å². The fraction of sp³-hybridized carbons (Fsp3) is 0.333. The molecular formula is C21H23N3OS. The number of hydrogen-bond donors (Lipinski definition) is 3. The zero-order chi connectivity index (χ0) is 17.9. The lowest BCUT2D eigenvalue weighted by atomic mass is 9.93. The van der Waals surface area contributed by atoms with Crippen molar-refractivity contribution in [2.24, 2.45) is 0 Å². The van der Waals surface area contributed by atoms with Gasteiger partial charge in [-0.3, -0.25) is 15.6 Å². The number of thiocarbonyl (C=S) groups is 1. The van der Waals surface area contributed by atoms with Crippen molar-refractivity contribution in [1.82, 2.24) is 16.2 Å². The van der Waals surface area contributed by atoms with E-state index in [4.69, 9.17) is 12.2 Å². The molecule has 4 bridgehead atoms. The molecule has 1 amide bonds.